The Labute approximate surface area is 169 Å². The van der Waals surface area contributed by atoms with E-state index in [2.05, 4.69) is 4.98 Å². The number of ether oxygens (including phenoxy) is 1. The first-order valence-electron chi connectivity index (χ1n) is 9.76. The second-order valence-electron chi connectivity index (χ2n) is 7.20. The first kappa shape index (κ1) is 19.2. The van der Waals surface area contributed by atoms with Gasteiger partial charge in [-0.05, 0) is 42.7 Å². The molecule has 1 fully saturated rings. The van der Waals surface area contributed by atoms with Crippen molar-refractivity contribution in [3.8, 4) is 17.1 Å². The van der Waals surface area contributed by atoms with Gasteiger partial charge in [0, 0.05) is 25.4 Å². The van der Waals surface area contributed by atoms with Gasteiger partial charge in [0.15, 0.2) is 11.7 Å². The molecule has 1 aromatic heterocycles. The molecule has 1 aliphatic rings. The quantitative estimate of drug-likeness (QED) is 0.560. The summed E-state index contributed by atoms with van der Waals surface area (Å²) in [7, 11) is 1.63. The van der Waals surface area contributed by atoms with Gasteiger partial charge in [-0.25, -0.2) is 9.37 Å². The molecule has 1 heterocycles. The van der Waals surface area contributed by atoms with Crippen LogP contribution in [0, 0.1) is 5.82 Å². The number of methoxy groups -OCH3 is 1. The Kier molecular flexibility index (Phi) is 5.60. The van der Waals surface area contributed by atoms with Gasteiger partial charge in [-0.3, -0.25) is 4.79 Å². The van der Waals surface area contributed by atoms with Crippen LogP contribution in [0.5, 0.6) is 5.75 Å². The molecule has 0 spiro atoms. The summed E-state index contributed by atoms with van der Waals surface area (Å²) in [4.78, 5) is 19.0. The molecule has 0 aliphatic heterocycles. The number of hydrogen-bond donors (Lipinski definition) is 0. The number of amides is 1. The predicted molar refractivity (Wildman–Crippen MR) is 107 cm³/mol. The monoisotopic (exact) mass is 394 g/mol. The summed E-state index contributed by atoms with van der Waals surface area (Å²) in [6.07, 6.45) is 4.29. The number of halogens is 1. The molecule has 3 aromatic rings. The van der Waals surface area contributed by atoms with E-state index in [1.807, 2.05) is 29.2 Å². The summed E-state index contributed by atoms with van der Waals surface area (Å²) in [5.74, 6) is 1.34. The van der Waals surface area contributed by atoms with Gasteiger partial charge in [0.1, 0.15) is 11.6 Å². The zero-order valence-electron chi connectivity index (χ0n) is 16.3. The summed E-state index contributed by atoms with van der Waals surface area (Å²) < 4.78 is 24.8. The van der Waals surface area contributed by atoms with Crippen LogP contribution in [0.3, 0.4) is 0 Å². The van der Waals surface area contributed by atoms with E-state index < -0.39 is 0 Å². The van der Waals surface area contributed by atoms with Gasteiger partial charge in [0.2, 0.25) is 5.91 Å². The molecule has 150 valence electrons. The lowest BCUT2D eigenvalue weighted by molar-refractivity contribution is -0.132. The van der Waals surface area contributed by atoms with Crippen LogP contribution in [-0.2, 0) is 17.8 Å². The Morgan fingerprint density at radius 2 is 1.97 bits per heavy atom. The molecule has 0 N–H and O–H groups in total. The third-order valence-electron chi connectivity index (χ3n) is 5.07. The SMILES string of the molecule is COc1ccc(CN(C(=O)CCc2ncc(-c3ccccc3F)o2)C2CC2)cc1. The molecule has 1 saturated carbocycles. The van der Waals surface area contributed by atoms with Gasteiger partial charge in [-0.1, -0.05) is 24.3 Å². The molecule has 1 amide bonds. The maximum absolute atomic E-state index is 13.9. The first-order valence-corrected chi connectivity index (χ1v) is 9.76. The molecule has 0 unspecified atom stereocenters. The second-order valence-corrected chi connectivity index (χ2v) is 7.20. The lowest BCUT2D eigenvalue weighted by Gasteiger charge is -2.22. The lowest BCUT2D eigenvalue weighted by atomic mass is 10.2. The van der Waals surface area contributed by atoms with E-state index in [0.717, 1.165) is 24.2 Å². The summed E-state index contributed by atoms with van der Waals surface area (Å²) in [5.41, 5.74) is 1.45. The average molecular weight is 394 g/mol. The lowest BCUT2D eigenvalue weighted by Crippen LogP contribution is -2.32. The van der Waals surface area contributed by atoms with Crippen LogP contribution in [0.4, 0.5) is 4.39 Å². The fourth-order valence-electron chi connectivity index (χ4n) is 3.30. The summed E-state index contributed by atoms with van der Waals surface area (Å²) >= 11 is 0. The van der Waals surface area contributed by atoms with Crippen molar-refractivity contribution in [1.82, 2.24) is 9.88 Å². The van der Waals surface area contributed by atoms with Gasteiger partial charge in [-0.2, -0.15) is 0 Å². The van der Waals surface area contributed by atoms with Crippen LogP contribution < -0.4 is 4.74 Å². The summed E-state index contributed by atoms with van der Waals surface area (Å²) in [6.45, 7) is 0.583. The van der Waals surface area contributed by atoms with E-state index >= 15 is 0 Å². The molecule has 6 heteroatoms. The van der Waals surface area contributed by atoms with Crippen LogP contribution in [0.15, 0.2) is 59.1 Å². The minimum Gasteiger partial charge on any atom is -0.497 e. The highest BCUT2D eigenvalue weighted by Crippen LogP contribution is 2.30. The fraction of sp³-hybridized carbons (Fsp3) is 0.304. The molecule has 29 heavy (non-hydrogen) atoms. The Balaban J connectivity index is 1.38. The highest BCUT2D eigenvalue weighted by molar-refractivity contribution is 5.77. The van der Waals surface area contributed by atoms with Crippen LogP contribution in [0.1, 0.15) is 30.7 Å². The number of benzene rings is 2. The maximum atomic E-state index is 13.9. The highest BCUT2D eigenvalue weighted by Gasteiger charge is 2.32. The van der Waals surface area contributed by atoms with E-state index in [-0.39, 0.29) is 11.7 Å². The normalized spacial score (nSPS) is 13.3. The molecule has 0 radical (unpaired) electrons. The Hall–Kier alpha value is -3.15. The largest absolute Gasteiger partial charge is 0.497 e. The first-order chi connectivity index (χ1) is 14.1. The number of aryl methyl sites for hydroxylation is 1. The number of hydrogen-bond acceptors (Lipinski definition) is 4. The third-order valence-corrected chi connectivity index (χ3v) is 5.07. The Morgan fingerprint density at radius 1 is 1.21 bits per heavy atom. The predicted octanol–water partition coefficient (Wildman–Crippen LogP) is 4.61. The van der Waals surface area contributed by atoms with E-state index in [0.29, 0.717) is 42.6 Å². The van der Waals surface area contributed by atoms with Crippen molar-refractivity contribution in [2.75, 3.05) is 7.11 Å². The molecule has 2 aromatic carbocycles. The molecule has 4 rings (SSSR count). The number of aromatic nitrogens is 1. The highest BCUT2D eigenvalue weighted by atomic mass is 19.1. The minimum atomic E-state index is -0.356. The van der Waals surface area contributed by atoms with Gasteiger partial charge < -0.3 is 14.1 Å². The molecule has 0 bridgehead atoms. The van der Waals surface area contributed by atoms with Crippen LogP contribution >= 0.6 is 0 Å². The van der Waals surface area contributed by atoms with E-state index in [1.165, 1.54) is 12.3 Å². The van der Waals surface area contributed by atoms with Gasteiger partial charge >= 0.3 is 0 Å². The van der Waals surface area contributed by atoms with Crippen LogP contribution in [0.2, 0.25) is 0 Å². The van der Waals surface area contributed by atoms with Crippen molar-refractivity contribution in [2.45, 2.75) is 38.3 Å². The third kappa shape index (κ3) is 4.65. The molecule has 5 nitrogen and oxygen atoms in total. The van der Waals surface area contributed by atoms with Crippen molar-refractivity contribution in [3.05, 3.63) is 72.0 Å². The van der Waals surface area contributed by atoms with E-state index in [4.69, 9.17) is 9.15 Å². The number of carbonyl (C=O) groups is 1. The van der Waals surface area contributed by atoms with Gasteiger partial charge in [-0.15, -0.1) is 0 Å². The van der Waals surface area contributed by atoms with Crippen molar-refractivity contribution < 1.29 is 18.3 Å². The molecule has 0 saturated heterocycles. The fourth-order valence-corrected chi connectivity index (χ4v) is 3.30. The van der Waals surface area contributed by atoms with Crippen molar-refractivity contribution in [3.63, 3.8) is 0 Å². The Bertz CT molecular complexity index is 980. The van der Waals surface area contributed by atoms with Crippen molar-refractivity contribution >= 4 is 5.91 Å². The van der Waals surface area contributed by atoms with Gasteiger partial charge in [0.25, 0.3) is 0 Å². The smallest absolute Gasteiger partial charge is 0.223 e. The van der Waals surface area contributed by atoms with Gasteiger partial charge in [0.05, 0.1) is 18.9 Å². The summed E-state index contributed by atoms with van der Waals surface area (Å²) in [5, 5.41) is 0. The number of carbonyl (C=O) groups excluding carboxylic acids is 1. The van der Waals surface area contributed by atoms with Crippen molar-refractivity contribution in [2.24, 2.45) is 0 Å². The zero-order chi connectivity index (χ0) is 20.2. The number of nitrogens with zero attached hydrogens (tertiary/aromatic N) is 2. The van der Waals surface area contributed by atoms with E-state index in [9.17, 15) is 9.18 Å². The van der Waals surface area contributed by atoms with E-state index in [1.54, 1.807) is 25.3 Å². The minimum absolute atomic E-state index is 0.0777. The van der Waals surface area contributed by atoms with Crippen molar-refractivity contribution in [1.29, 1.82) is 0 Å². The Morgan fingerprint density at radius 3 is 2.66 bits per heavy atom. The molecule has 0 atom stereocenters. The standard InChI is InChI=1S/C23H23FN2O3/c1-28-18-10-6-16(7-11-18)15-26(17-8-9-17)23(27)13-12-22-25-14-21(29-22)19-4-2-3-5-20(19)24/h2-7,10-11,14,17H,8-9,12-13,15H2,1H3. The summed E-state index contributed by atoms with van der Waals surface area (Å²) in [6, 6.07) is 14.5. The zero-order valence-corrected chi connectivity index (χ0v) is 16.3. The van der Waals surface area contributed by atoms with Crippen LogP contribution in [0.25, 0.3) is 11.3 Å². The number of oxazole rings is 1. The van der Waals surface area contributed by atoms with Crippen LogP contribution in [-0.4, -0.2) is 28.9 Å². The molecular weight excluding hydrogens is 371 g/mol. The maximum Gasteiger partial charge on any atom is 0.223 e. The number of rotatable bonds is 8. The molecule has 1 aliphatic carbocycles. The average Bonchev–Trinajstić information content (AvgIpc) is 3.48. The topological polar surface area (TPSA) is 55.6 Å². The molecular formula is C23H23FN2O3. The second kappa shape index (κ2) is 8.47.